The number of nitrogens with one attached hydrogen (secondary N) is 1. The number of hydrogen-bond donors (Lipinski definition) is 1. The fraction of sp³-hybridized carbons (Fsp3) is 0.444. The van der Waals surface area contributed by atoms with Gasteiger partial charge in [-0.05, 0) is 30.0 Å². The Labute approximate surface area is 221 Å². The first kappa shape index (κ1) is 25.5. The molecular weight excluding hydrogens is 486 g/mol. The molecule has 0 radical (unpaired) electrons. The summed E-state index contributed by atoms with van der Waals surface area (Å²) in [5.41, 5.74) is 1.06. The quantitative estimate of drug-likeness (QED) is 0.458. The van der Waals surface area contributed by atoms with E-state index < -0.39 is 0 Å². The van der Waals surface area contributed by atoms with Gasteiger partial charge in [-0.1, -0.05) is 19.9 Å². The van der Waals surface area contributed by atoms with Gasteiger partial charge >= 0.3 is 0 Å². The number of carbonyl (C=O) groups excluding carboxylic acids is 2. The van der Waals surface area contributed by atoms with E-state index in [1.54, 1.807) is 12.5 Å². The number of ether oxygens (including phenoxy) is 2. The third-order valence-electron chi connectivity index (χ3n) is 6.71. The molecule has 4 heterocycles. The third kappa shape index (κ3) is 6.04. The zero-order chi connectivity index (χ0) is 26.5. The molecule has 1 aromatic carbocycles. The number of nitrogens with zero attached hydrogens (tertiary/aromatic N) is 6. The SMILES string of the molecule is CC(C)CC(=O)N1CCN(c2cc(-n3ccnc3)ncn2)C(CC(=O)NCCc2ccc3c(c2)OCO3)C1. The van der Waals surface area contributed by atoms with Gasteiger partial charge in [0, 0.05) is 57.5 Å². The fourth-order valence-electron chi connectivity index (χ4n) is 4.80. The molecule has 2 amide bonds. The summed E-state index contributed by atoms with van der Waals surface area (Å²) in [7, 11) is 0. The fourth-order valence-corrected chi connectivity index (χ4v) is 4.80. The number of amides is 2. The average Bonchev–Trinajstić information content (AvgIpc) is 3.61. The molecule has 1 atom stereocenters. The maximum atomic E-state index is 13.0. The highest BCUT2D eigenvalue weighted by atomic mass is 16.7. The van der Waals surface area contributed by atoms with Crippen LogP contribution in [0.3, 0.4) is 0 Å². The minimum absolute atomic E-state index is 0.0669. The van der Waals surface area contributed by atoms with Crippen LogP contribution in [0.2, 0.25) is 0 Å². The number of benzene rings is 1. The summed E-state index contributed by atoms with van der Waals surface area (Å²) < 4.78 is 12.6. The summed E-state index contributed by atoms with van der Waals surface area (Å²) in [6, 6.07) is 7.49. The zero-order valence-electron chi connectivity index (χ0n) is 21.7. The van der Waals surface area contributed by atoms with Gasteiger partial charge < -0.3 is 24.6 Å². The molecule has 1 unspecified atom stereocenters. The van der Waals surface area contributed by atoms with Crippen LogP contribution in [0.5, 0.6) is 11.5 Å². The maximum absolute atomic E-state index is 13.0. The van der Waals surface area contributed by atoms with Crippen LogP contribution in [-0.4, -0.2) is 75.2 Å². The van der Waals surface area contributed by atoms with Crippen molar-refractivity contribution in [3.63, 3.8) is 0 Å². The van der Waals surface area contributed by atoms with E-state index >= 15 is 0 Å². The summed E-state index contributed by atoms with van der Waals surface area (Å²) in [4.78, 5) is 42.8. The second-order valence-corrected chi connectivity index (χ2v) is 9.98. The Balaban J connectivity index is 1.25. The molecule has 5 rings (SSSR count). The monoisotopic (exact) mass is 519 g/mol. The molecule has 2 aromatic heterocycles. The van der Waals surface area contributed by atoms with Gasteiger partial charge in [0.1, 0.15) is 24.3 Å². The number of anilines is 1. The number of hydrogen-bond acceptors (Lipinski definition) is 8. The van der Waals surface area contributed by atoms with Crippen LogP contribution in [0.15, 0.2) is 49.3 Å². The van der Waals surface area contributed by atoms with Crippen molar-refractivity contribution >= 4 is 17.6 Å². The standard InChI is InChI=1S/C27H33N7O4/c1-19(2)11-27(36)32-9-10-34(25-14-24(30-16-31-25)33-8-7-28-17-33)21(15-32)13-26(35)29-6-5-20-3-4-22-23(12-20)38-18-37-22/h3-4,7-8,12,14,16-17,19,21H,5-6,9-11,13,15,18H2,1-2H3,(H,29,35). The highest BCUT2D eigenvalue weighted by Gasteiger charge is 2.32. The third-order valence-corrected chi connectivity index (χ3v) is 6.71. The van der Waals surface area contributed by atoms with Crippen LogP contribution in [0.25, 0.3) is 5.82 Å². The Bertz CT molecular complexity index is 1260. The number of aromatic nitrogens is 4. The van der Waals surface area contributed by atoms with Crippen molar-refractivity contribution < 1.29 is 19.1 Å². The van der Waals surface area contributed by atoms with Gasteiger partial charge in [-0.25, -0.2) is 15.0 Å². The molecule has 2 aliphatic rings. The van der Waals surface area contributed by atoms with Crippen LogP contribution in [0.4, 0.5) is 5.82 Å². The smallest absolute Gasteiger partial charge is 0.231 e. The molecule has 11 nitrogen and oxygen atoms in total. The van der Waals surface area contributed by atoms with Gasteiger partial charge in [-0.2, -0.15) is 0 Å². The number of fused-ring (bicyclic) bond motifs is 1. The van der Waals surface area contributed by atoms with E-state index in [1.807, 2.05) is 53.8 Å². The molecule has 38 heavy (non-hydrogen) atoms. The van der Waals surface area contributed by atoms with Crippen LogP contribution < -0.4 is 19.7 Å². The van der Waals surface area contributed by atoms with E-state index in [9.17, 15) is 9.59 Å². The van der Waals surface area contributed by atoms with Crippen molar-refractivity contribution in [3.05, 3.63) is 54.9 Å². The zero-order valence-corrected chi connectivity index (χ0v) is 21.7. The second kappa shape index (κ2) is 11.5. The molecular formula is C27H33N7O4. The summed E-state index contributed by atoms with van der Waals surface area (Å²) in [5, 5.41) is 3.04. The van der Waals surface area contributed by atoms with Gasteiger partial charge in [0.05, 0.1) is 6.04 Å². The molecule has 0 saturated carbocycles. The minimum Gasteiger partial charge on any atom is -0.454 e. The van der Waals surface area contributed by atoms with E-state index in [4.69, 9.17) is 9.47 Å². The van der Waals surface area contributed by atoms with Crippen molar-refractivity contribution in [1.29, 1.82) is 0 Å². The first-order valence-corrected chi connectivity index (χ1v) is 13.0. The summed E-state index contributed by atoms with van der Waals surface area (Å²) in [6.45, 7) is 6.44. The Morgan fingerprint density at radius 2 is 1.95 bits per heavy atom. The maximum Gasteiger partial charge on any atom is 0.231 e. The van der Waals surface area contributed by atoms with Gasteiger partial charge in [-0.3, -0.25) is 14.2 Å². The lowest BCUT2D eigenvalue weighted by Gasteiger charge is -2.42. The summed E-state index contributed by atoms with van der Waals surface area (Å²) >= 11 is 0. The molecule has 1 N–H and O–H groups in total. The van der Waals surface area contributed by atoms with E-state index in [-0.39, 0.29) is 37.0 Å². The molecule has 11 heteroatoms. The number of carbonyl (C=O) groups is 2. The number of imidazole rings is 1. The van der Waals surface area contributed by atoms with E-state index in [1.165, 1.54) is 6.33 Å². The number of piperazine rings is 1. The molecule has 0 bridgehead atoms. The highest BCUT2D eigenvalue weighted by Crippen LogP contribution is 2.32. The van der Waals surface area contributed by atoms with Gasteiger partial charge in [-0.15, -0.1) is 0 Å². The molecule has 1 fully saturated rings. The predicted octanol–water partition coefficient (Wildman–Crippen LogP) is 2.20. The van der Waals surface area contributed by atoms with Gasteiger partial charge in [0.15, 0.2) is 11.5 Å². The topological polar surface area (TPSA) is 115 Å². The molecule has 0 aliphatic carbocycles. The van der Waals surface area contributed by atoms with Crippen LogP contribution in [-0.2, 0) is 16.0 Å². The molecule has 1 saturated heterocycles. The number of rotatable bonds is 9. The second-order valence-electron chi connectivity index (χ2n) is 9.98. The minimum atomic E-state index is -0.212. The molecule has 2 aliphatic heterocycles. The van der Waals surface area contributed by atoms with Crippen molar-refractivity contribution in [1.82, 2.24) is 29.7 Å². The Morgan fingerprint density at radius 3 is 2.76 bits per heavy atom. The lowest BCUT2D eigenvalue weighted by Crippen LogP contribution is -2.56. The first-order valence-electron chi connectivity index (χ1n) is 13.0. The van der Waals surface area contributed by atoms with E-state index in [0.717, 1.165) is 22.9 Å². The summed E-state index contributed by atoms with van der Waals surface area (Å²) in [5.74, 6) is 3.22. The van der Waals surface area contributed by atoms with E-state index in [0.29, 0.717) is 44.8 Å². The Morgan fingerprint density at radius 1 is 1.11 bits per heavy atom. The molecule has 200 valence electrons. The normalized spacial score (nSPS) is 16.7. The van der Waals surface area contributed by atoms with Crippen LogP contribution in [0, 0.1) is 5.92 Å². The van der Waals surface area contributed by atoms with Crippen molar-refractivity contribution in [3.8, 4) is 17.3 Å². The predicted molar refractivity (Wildman–Crippen MR) is 140 cm³/mol. The van der Waals surface area contributed by atoms with Crippen molar-refractivity contribution in [2.45, 2.75) is 39.2 Å². The van der Waals surface area contributed by atoms with Crippen LogP contribution >= 0.6 is 0 Å². The van der Waals surface area contributed by atoms with Crippen LogP contribution in [0.1, 0.15) is 32.3 Å². The Hall–Kier alpha value is -4.15. The van der Waals surface area contributed by atoms with Gasteiger partial charge in [0.2, 0.25) is 18.6 Å². The summed E-state index contributed by atoms with van der Waals surface area (Å²) in [6.07, 6.45) is 8.13. The van der Waals surface area contributed by atoms with Crippen molar-refractivity contribution in [2.75, 3.05) is 37.9 Å². The first-order chi connectivity index (χ1) is 18.5. The lowest BCUT2D eigenvalue weighted by atomic mass is 10.0. The van der Waals surface area contributed by atoms with Gasteiger partial charge in [0.25, 0.3) is 0 Å². The molecule has 3 aromatic rings. The van der Waals surface area contributed by atoms with Crippen molar-refractivity contribution in [2.24, 2.45) is 5.92 Å². The molecule has 0 spiro atoms. The average molecular weight is 520 g/mol. The Kier molecular flexibility index (Phi) is 7.71. The highest BCUT2D eigenvalue weighted by molar-refractivity contribution is 5.79. The lowest BCUT2D eigenvalue weighted by molar-refractivity contribution is -0.133. The largest absolute Gasteiger partial charge is 0.454 e. The van der Waals surface area contributed by atoms with E-state index in [2.05, 4.69) is 25.2 Å².